The number of nitrogens with zero attached hydrogens (tertiary/aromatic N) is 1. The Morgan fingerprint density at radius 3 is 2.84 bits per heavy atom. The molecule has 3 aromatic heterocycles. The van der Waals surface area contributed by atoms with Gasteiger partial charge in [-0.15, -0.1) is 22.7 Å². The second kappa shape index (κ2) is 6.57. The van der Waals surface area contributed by atoms with Crippen molar-refractivity contribution in [2.24, 2.45) is 0 Å². The molecule has 0 unspecified atom stereocenters. The first-order valence-electron chi connectivity index (χ1n) is 8.11. The van der Waals surface area contributed by atoms with Crippen LogP contribution in [0, 0.1) is 6.92 Å². The Kier molecular flexibility index (Phi) is 4.27. The van der Waals surface area contributed by atoms with E-state index in [9.17, 15) is 9.59 Å². The van der Waals surface area contributed by atoms with Crippen molar-refractivity contribution < 1.29 is 14.1 Å². The third kappa shape index (κ3) is 3.05. The van der Waals surface area contributed by atoms with Gasteiger partial charge in [0.2, 0.25) is 5.78 Å². The van der Waals surface area contributed by atoms with Crippen molar-refractivity contribution >= 4 is 39.4 Å². The van der Waals surface area contributed by atoms with E-state index < -0.39 is 0 Å². The summed E-state index contributed by atoms with van der Waals surface area (Å²) in [4.78, 5) is 27.4. The van der Waals surface area contributed by atoms with E-state index >= 15 is 0 Å². The fourth-order valence-corrected chi connectivity index (χ4v) is 5.02. The lowest BCUT2D eigenvalue weighted by atomic mass is 9.93. The van der Waals surface area contributed by atoms with Gasteiger partial charge in [-0.2, -0.15) is 0 Å². The van der Waals surface area contributed by atoms with Gasteiger partial charge in [-0.25, -0.2) is 0 Å². The second-order valence-electron chi connectivity index (χ2n) is 6.00. The molecule has 0 spiro atoms. The molecule has 7 heteroatoms. The van der Waals surface area contributed by atoms with Gasteiger partial charge in [0.15, 0.2) is 5.69 Å². The minimum atomic E-state index is -0.351. The van der Waals surface area contributed by atoms with Crippen molar-refractivity contribution in [2.45, 2.75) is 32.6 Å². The van der Waals surface area contributed by atoms with E-state index in [1.54, 1.807) is 13.0 Å². The lowest BCUT2D eigenvalue weighted by Gasteiger charge is -2.12. The second-order valence-corrected chi connectivity index (χ2v) is 8.05. The van der Waals surface area contributed by atoms with Crippen LogP contribution in [0.15, 0.2) is 28.1 Å². The van der Waals surface area contributed by atoms with Gasteiger partial charge < -0.3 is 9.84 Å². The molecule has 5 nitrogen and oxygen atoms in total. The van der Waals surface area contributed by atoms with Crippen LogP contribution in [0.5, 0.6) is 0 Å². The number of hydrogen-bond acceptors (Lipinski definition) is 6. The first kappa shape index (κ1) is 16.2. The van der Waals surface area contributed by atoms with E-state index in [0.29, 0.717) is 21.2 Å². The lowest BCUT2D eigenvalue weighted by Crippen LogP contribution is -2.14. The molecule has 1 N–H and O–H groups in total. The van der Waals surface area contributed by atoms with E-state index in [-0.39, 0.29) is 17.4 Å². The number of nitrogens with one attached hydrogen (secondary N) is 1. The maximum absolute atomic E-state index is 13.0. The molecule has 0 fully saturated rings. The molecule has 3 heterocycles. The number of amides is 1. The zero-order valence-corrected chi connectivity index (χ0v) is 15.3. The summed E-state index contributed by atoms with van der Waals surface area (Å²) >= 11 is 2.93. The minimum Gasteiger partial charge on any atom is -0.361 e. The molecule has 1 aliphatic carbocycles. The lowest BCUT2D eigenvalue weighted by molar-refractivity contribution is 0.101. The van der Waals surface area contributed by atoms with E-state index in [2.05, 4.69) is 10.5 Å². The van der Waals surface area contributed by atoms with Crippen LogP contribution in [-0.4, -0.2) is 16.8 Å². The van der Waals surface area contributed by atoms with Crippen LogP contribution in [0.1, 0.15) is 54.8 Å². The Morgan fingerprint density at radius 2 is 2.12 bits per heavy atom. The summed E-state index contributed by atoms with van der Waals surface area (Å²) in [6.07, 6.45) is 4.04. The van der Waals surface area contributed by atoms with Crippen molar-refractivity contribution in [3.8, 4) is 0 Å². The first-order valence-corrected chi connectivity index (χ1v) is 9.80. The van der Waals surface area contributed by atoms with E-state index in [1.165, 1.54) is 27.6 Å². The monoisotopic (exact) mass is 372 g/mol. The number of rotatable bonds is 4. The number of hydrogen-bond donors (Lipinski definition) is 1. The van der Waals surface area contributed by atoms with Gasteiger partial charge >= 0.3 is 0 Å². The van der Waals surface area contributed by atoms with Gasteiger partial charge in [-0.3, -0.25) is 9.59 Å². The highest BCUT2D eigenvalue weighted by Gasteiger charge is 2.28. The number of aryl methyl sites for hydroxylation is 2. The zero-order chi connectivity index (χ0) is 17.4. The van der Waals surface area contributed by atoms with E-state index in [1.807, 2.05) is 17.5 Å². The third-order valence-corrected chi connectivity index (χ3v) is 6.31. The number of thiophene rings is 2. The molecular formula is C18H16N2O3S2. The number of carbonyl (C=O) groups is 2. The Labute approximate surface area is 152 Å². The normalized spacial score (nSPS) is 13.5. The average Bonchev–Trinajstić information content (AvgIpc) is 3.33. The van der Waals surface area contributed by atoms with Crippen LogP contribution in [-0.2, 0) is 12.8 Å². The number of anilines is 1. The molecule has 0 saturated heterocycles. The first-order chi connectivity index (χ1) is 12.1. The van der Waals surface area contributed by atoms with Gasteiger partial charge in [0, 0.05) is 10.9 Å². The van der Waals surface area contributed by atoms with Crippen molar-refractivity contribution in [1.29, 1.82) is 0 Å². The molecule has 0 saturated carbocycles. The fourth-order valence-electron chi connectivity index (χ4n) is 3.07. The Morgan fingerprint density at radius 1 is 1.28 bits per heavy atom. The molecule has 0 bridgehead atoms. The molecule has 25 heavy (non-hydrogen) atoms. The summed E-state index contributed by atoms with van der Waals surface area (Å²) in [6.45, 7) is 1.74. The van der Waals surface area contributed by atoms with Crippen molar-refractivity contribution in [2.75, 3.05) is 5.32 Å². The zero-order valence-electron chi connectivity index (χ0n) is 13.6. The molecule has 3 aromatic rings. The van der Waals surface area contributed by atoms with Gasteiger partial charge in [0.1, 0.15) is 10.8 Å². The van der Waals surface area contributed by atoms with Crippen LogP contribution >= 0.6 is 22.7 Å². The Bertz CT molecular complexity index is 938. The van der Waals surface area contributed by atoms with Crippen molar-refractivity contribution in [3.63, 3.8) is 0 Å². The summed E-state index contributed by atoms with van der Waals surface area (Å²) in [5.74, 6) is 0.210. The topological polar surface area (TPSA) is 72.2 Å². The quantitative estimate of drug-likeness (QED) is 0.686. The van der Waals surface area contributed by atoms with Crippen LogP contribution in [0.2, 0.25) is 0 Å². The summed E-state index contributed by atoms with van der Waals surface area (Å²) in [5.41, 5.74) is 1.97. The number of fused-ring (bicyclic) bond motifs is 1. The molecule has 0 radical (unpaired) electrons. The predicted octanol–water partition coefficient (Wildman–Crippen LogP) is 4.47. The van der Waals surface area contributed by atoms with Crippen LogP contribution in [0.4, 0.5) is 5.00 Å². The molecule has 0 aliphatic heterocycles. The largest absolute Gasteiger partial charge is 0.361 e. The average molecular weight is 372 g/mol. The molecule has 4 rings (SSSR count). The van der Waals surface area contributed by atoms with Crippen LogP contribution in [0.3, 0.4) is 0 Å². The summed E-state index contributed by atoms with van der Waals surface area (Å²) in [7, 11) is 0. The molecule has 0 aromatic carbocycles. The molecule has 128 valence electrons. The highest BCUT2D eigenvalue weighted by atomic mass is 32.1. The van der Waals surface area contributed by atoms with Crippen molar-refractivity contribution in [3.05, 3.63) is 55.9 Å². The maximum atomic E-state index is 13.0. The van der Waals surface area contributed by atoms with Gasteiger partial charge in [0.25, 0.3) is 5.91 Å². The summed E-state index contributed by atoms with van der Waals surface area (Å²) < 4.78 is 4.97. The molecule has 0 atom stereocenters. The predicted molar refractivity (Wildman–Crippen MR) is 97.9 cm³/mol. The van der Waals surface area contributed by atoms with Gasteiger partial charge in [-0.05, 0) is 49.6 Å². The molecule has 1 amide bonds. The fraction of sp³-hybridized carbons (Fsp3) is 0.278. The van der Waals surface area contributed by atoms with Gasteiger partial charge in [0.05, 0.1) is 10.4 Å². The maximum Gasteiger partial charge on any atom is 0.278 e. The summed E-state index contributed by atoms with van der Waals surface area (Å²) in [6, 6.07) is 5.28. The third-order valence-electron chi connectivity index (χ3n) is 4.23. The van der Waals surface area contributed by atoms with E-state index in [0.717, 1.165) is 31.2 Å². The van der Waals surface area contributed by atoms with Gasteiger partial charge in [-0.1, -0.05) is 11.2 Å². The minimum absolute atomic E-state index is 0.0129. The Balaban J connectivity index is 1.73. The Hall–Kier alpha value is -2.25. The molecular weight excluding hydrogens is 356 g/mol. The smallest absolute Gasteiger partial charge is 0.278 e. The SMILES string of the molecule is Cc1cc(C(=O)Nc2sc3c(c2C(=O)c2cccs2)CCCC3)no1. The molecule has 1 aliphatic rings. The van der Waals surface area contributed by atoms with Crippen LogP contribution in [0.25, 0.3) is 0 Å². The standard InChI is InChI=1S/C18H16N2O3S2/c1-10-9-12(20-23-10)17(22)19-18-15(16(21)14-7-4-8-24-14)11-5-2-3-6-13(11)25-18/h4,7-9H,2-3,5-6H2,1H3,(H,19,22). The summed E-state index contributed by atoms with van der Waals surface area (Å²) in [5, 5.41) is 9.15. The highest BCUT2D eigenvalue weighted by molar-refractivity contribution is 7.17. The number of aromatic nitrogens is 1. The highest BCUT2D eigenvalue weighted by Crippen LogP contribution is 2.40. The number of ketones is 1. The van der Waals surface area contributed by atoms with E-state index in [4.69, 9.17) is 4.52 Å². The van der Waals surface area contributed by atoms with Crippen molar-refractivity contribution in [1.82, 2.24) is 5.16 Å². The number of carbonyl (C=O) groups excluding carboxylic acids is 2. The van der Waals surface area contributed by atoms with Crippen LogP contribution < -0.4 is 5.32 Å².